The van der Waals surface area contributed by atoms with Gasteiger partial charge in [-0.2, -0.15) is 13.2 Å². The molecule has 2 aromatic heterocycles. The van der Waals surface area contributed by atoms with Crippen molar-refractivity contribution in [1.29, 1.82) is 0 Å². The number of aryl methyl sites for hydroxylation is 1. The number of fused-ring (bicyclic) bond motifs is 1. The number of hydrogen-bond acceptors (Lipinski definition) is 6. The zero-order chi connectivity index (χ0) is 23.6. The highest BCUT2D eigenvalue weighted by molar-refractivity contribution is 7.20. The highest BCUT2D eigenvalue weighted by atomic mass is 35.5. The highest BCUT2D eigenvalue weighted by Gasteiger charge is 2.34. The number of rotatable bonds is 6. The third-order valence-corrected chi connectivity index (χ3v) is 6.33. The maximum Gasteiger partial charge on any atom is 0.418 e. The van der Waals surface area contributed by atoms with E-state index in [2.05, 4.69) is 15.3 Å². The SMILES string of the molecule is Cc1c(C(=O)OCCc2ccccc2)sc2ncnc(Nc3ccc(Cl)cc3C(F)(F)F)c12. The number of halogens is 4. The smallest absolute Gasteiger partial charge is 0.418 e. The summed E-state index contributed by atoms with van der Waals surface area (Å²) in [6.07, 6.45) is -2.81. The van der Waals surface area contributed by atoms with Crippen molar-refractivity contribution in [3.8, 4) is 0 Å². The van der Waals surface area contributed by atoms with Crippen molar-refractivity contribution in [3.05, 3.63) is 81.4 Å². The average molecular weight is 492 g/mol. The van der Waals surface area contributed by atoms with E-state index in [4.69, 9.17) is 16.3 Å². The number of hydrogen-bond donors (Lipinski definition) is 1. The molecule has 0 atom stereocenters. The van der Waals surface area contributed by atoms with Crippen molar-refractivity contribution in [2.45, 2.75) is 19.5 Å². The third-order valence-electron chi connectivity index (χ3n) is 4.92. The predicted molar refractivity (Wildman–Crippen MR) is 122 cm³/mol. The highest BCUT2D eigenvalue weighted by Crippen LogP contribution is 2.40. The minimum Gasteiger partial charge on any atom is -0.461 e. The maximum atomic E-state index is 13.5. The Bertz CT molecular complexity index is 1310. The molecule has 0 bridgehead atoms. The van der Waals surface area contributed by atoms with Gasteiger partial charge in [0.2, 0.25) is 0 Å². The van der Waals surface area contributed by atoms with E-state index in [-0.39, 0.29) is 23.1 Å². The number of alkyl halides is 3. The maximum absolute atomic E-state index is 13.5. The van der Waals surface area contributed by atoms with Crippen LogP contribution in [-0.4, -0.2) is 22.5 Å². The number of aromatic nitrogens is 2. The molecular formula is C23H17ClF3N3O2S. The fourth-order valence-electron chi connectivity index (χ4n) is 3.32. The van der Waals surface area contributed by atoms with Crippen molar-refractivity contribution >= 4 is 50.6 Å². The molecule has 4 rings (SSSR count). The summed E-state index contributed by atoms with van der Waals surface area (Å²) >= 11 is 6.87. The van der Waals surface area contributed by atoms with Crippen LogP contribution >= 0.6 is 22.9 Å². The number of nitrogens with zero attached hydrogens (tertiary/aromatic N) is 2. The number of esters is 1. The standard InChI is InChI=1S/C23H17ClF3N3O2S/c1-13-18-20(30-17-8-7-15(24)11-16(17)23(25,26)27)28-12-29-21(18)33-19(13)22(31)32-10-9-14-5-3-2-4-6-14/h2-8,11-12H,9-10H2,1H3,(H,28,29,30). The molecule has 0 amide bonds. The Hall–Kier alpha value is -3.17. The van der Waals surface area contributed by atoms with Crippen molar-refractivity contribution < 1.29 is 22.7 Å². The lowest BCUT2D eigenvalue weighted by atomic mass is 10.1. The van der Waals surface area contributed by atoms with Gasteiger partial charge in [-0.15, -0.1) is 11.3 Å². The molecule has 2 heterocycles. The minimum atomic E-state index is -4.61. The summed E-state index contributed by atoms with van der Waals surface area (Å²) in [5.74, 6) is -0.357. The molecular weight excluding hydrogens is 475 g/mol. The molecule has 0 fully saturated rings. The molecule has 0 spiro atoms. The summed E-state index contributed by atoms with van der Waals surface area (Å²) in [5.41, 5.74) is 0.448. The van der Waals surface area contributed by atoms with Gasteiger partial charge in [0, 0.05) is 11.4 Å². The Balaban J connectivity index is 1.60. The largest absolute Gasteiger partial charge is 0.461 e. The van der Waals surface area contributed by atoms with Gasteiger partial charge >= 0.3 is 12.1 Å². The Morgan fingerprint density at radius 1 is 1.15 bits per heavy atom. The topological polar surface area (TPSA) is 64.1 Å². The lowest BCUT2D eigenvalue weighted by Gasteiger charge is -2.15. The van der Waals surface area contributed by atoms with E-state index in [0.717, 1.165) is 23.0 Å². The van der Waals surface area contributed by atoms with Crippen LogP contribution in [0.25, 0.3) is 10.2 Å². The van der Waals surface area contributed by atoms with Gasteiger partial charge in [-0.1, -0.05) is 41.9 Å². The van der Waals surface area contributed by atoms with E-state index in [1.54, 1.807) is 6.92 Å². The Morgan fingerprint density at radius 2 is 1.91 bits per heavy atom. The zero-order valence-electron chi connectivity index (χ0n) is 17.2. The lowest BCUT2D eigenvalue weighted by molar-refractivity contribution is -0.136. The van der Waals surface area contributed by atoms with Crippen molar-refractivity contribution in [2.75, 3.05) is 11.9 Å². The predicted octanol–water partition coefficient (Wildman–Crippen LogP) is 6.82. The fourth-order valence-corrected chi connectivity index (χ4v) is 4.54. The molecule has 0 aliphatic rings. The molecule has 1 N–H and O–H groups in total. The van der Waals surface area contributed by atoms with Crippen LogP contribution in [0.4, 0.5) is 24.7 Å². The summed E-state index contributed by atoms with van der Waals surface area (Å²) < 4.78 is 45.9. The van der Waals surface area contributed by atoms with Gasteiger partial charge in [-0.25, -0.2) is 14.8 Å². The normalized spacial score (nSPS) is 11.5. The van der Waals surface area contributed by atoms with Crippen LogP contribution in [0.2, 0.25) is 5.02 Å². The Kier molecular flexibility index (Phi) is 6.53. The molecule has 170 valence electrons. The molecule has 4 aromatic rings. The Morgan fingerprint density at radius 3 is 2.64 bits per heavy atom. The molecule has 5 nitrogen and oxygen atoms in total. The van der Waals surface area contributed by atoms with Gasteiger partial charge in [0.25, 0.3) is 0 Å². The first-order valence-corrected chi connectivity index (χ1v) is 11.0. The lowest BCUT2D eigenvalue weighted by Crippen LogP contribution is -2.09. The van der Waals surface area contributed by atoms with E-state index in [1.807, 2.05) is 30.3 Å². The summed E-state index contributed by atoms with van der Waals surface area (Å²) in [6, 6.07) is 13.0. The van der Waals surface area contributed by atoms with E-state index in [9.17, 15) is 18.0 Å². The van der Waals surface area contributed by atoms with Gasteiger partial charge in [0.1, 0.15) is 21.9 Å². The number of nitrogens with one attached hydrogen (secondary N) is 1. The van der Waals surface area contributed by atoms with E-state index in [0.29, 0.717) is 27.1 Å². The molecule has 10 heteroatoms. The van der Waals surface area contributed by atoms with Gasteiger partial charge < -0.3 is 10.1 Å². The van der Waals surface area contributed by atoms with Crippen LogP contribution < -0.4 is 5.32 Å². The van der Waals surface area contributed by atoms with Gasteiger partial charge in [-0.05, 0) is 36.2 Å². The molecule has 0 aliphatic carbocycles. The Labute approximate surface area is 196 Å². The van der Waals surface area contributed by atoms with Crippen LogP contribution in [0, 0.1) is 6.92 Å². The second-order valence-corrected chi connectivity index (χ2v) is 8.58. The number of anilines is 2. The van der Waals surface area contributed by atoms with Crippen molar-refractivity contribution in [2.24, 2.45) is 0 Å². The molecule has 0 saturated carbocycles. The third kappa shape index (κ3) is 5.09. The second kappa shape index (κ2) is 9.36. The average Bonchev–Trinajstić information content (AvgIpc) is 3.12. The van der Waals surface area contributed by atoms with Gasteiger partial charge in [0.05, 0.1) is 23.2 Å². The van der Waals surface area contributed by atoms with Crippen LogP contribution in [-0.2, 0) is 17.3 Å². The number of carbonyl (C=O) groups excluding carboxylic acids is 1. The summed E-state index contributed by atoms with van der Waals surface area (Å²) in [5, 5.41) is 3.16. The van der Waals surface area contributed by atoms with Crippen LogP contribution in [0.5, 0.6) is 0 Å². The van der Waals surface area contributed by atoms with E-state index in [1.165, 1.54) is 18.5 Å². The van der Waals surface area contributed by atoms with Gasteiger partial charge in [-0.3, -0.25) is 0 Å². The monoisotopic (exact) mass is 491 g/mol. The summed E-state index contributed by atoms with van der Waals surface area (Å²) in [7, 11) is 0. The molecule has 0 unspecified atom stereocenters. The quantitative estimate of drug-likeness (QED) is 0.300. The molecule has 0 aliphatic heterocycles. The van der Waals surface area contributed by atoms with E-state index < -0.39 is 17.7 Å². The van der Waals surface area contributed by atoms with Gasteiger partial charge in [0.15, 0.2) is 0 Å². The van der Waals surface area contributed by atoms with Crippen molar-refractivity contribution in [3.63, 3.8) is 0 Å². The molecule has 2 aromatic carbocycles. The van der Waals surface area contributed by atoms with E-state index >= 15 is 0 Å². The summed E-state index contributed by atoms with van der Waals surface area (Å²) in [6.45, 7) is 1.89. The van der Waals surface area contributed by atoms with Crippen molar-refractivity contribution in [1.82, 2.24) is 9.97 Å². The summed E-state index contributed by atoms with van der Waals surface area (Å²) in [4.78, 5) is 21.8. The number of thiophene rings is 1. The first-order valence-electron chi connectivity index (χ1n) is 9.83. The second-order valence-electron chi connectivity index (χ2n) is 7.14. The number of ether oxygens (including phenoxy) is 1. The number of carbonyl (C=O) groups is 1. The first-order chi connectivity index (χ1) is 15.7. The molecule has 33 heavy (non-hydrogen) atoms. The molecule has 0 radical (unpaired) electrons. The minimum absolute atomic E-state index is 0.0343. The first kappa shape index (κ1) is 23.0. The fraction of sp³-hybridized carbons (Fsp3) is 0.174. The van der Waals surface area contributed by atoms with Crippen LogP contribution in [0.3, 0.4) is 0 Å². The number of benzene rings is 2. The van der Waals surface area contributed by atoms with Crippen LogP contribution in [0.15, 0.2) is 54.9 Å². The molecule has 0 saturated heterocycles. The van der Waals surface area contributed by atoms with Crippen LogP contribution in [0.1, 0.15) is 26.4 Å². The zero-order valence-corrected chi connectivity index (χ0v) is 18.8.